The van der Waals surface area contributed by atoms with E-state index in [4.69, 9.17) is 12.2 Å². The van der Waals surface area contributed by atoms with Crippen LogP contribution in [0.5, 0.6) is 0 Å². The summed E-state index contributed by atoms with van der Waals surface area (Å²) in [5, 5.41) is 9.32. The number of nitrogens with zero attached hydrogens (tertiary/aromatic N) is 1. The van der Waals surface area contributed by atoms with Gasteiger partial charge in [-0.25, -0.2) is 4.79 Å². The summed E-state index contributed by atoms with van der Waals surface area (Å²) >= 11 is 9.70. The summed E-state index contributed by atoms with van der Waals surface area (Å²) in [6.07, 6.45) is 2.78. The Labute approximate surface area is 146 Å². The van der Waals surface area contributed by atoms with Gasteiger partial charge in [-0.15, -0.1) is 0 Å². The van der Waals surface area contributed by atoms with Crippen LogP contribution in [-0.4, -0.2) is 32.2 Å². The van der Waals surface area contributed by atoms with Crippen molar-refractivity contribution < 1.29 is 14.7 Å². The number of amides is 1. The molecule has 1 aliphatic heterocycles. The topological polar surface area (TPSA) is 57.6 Å². The standard InChI is InChI=1S/C15H14BrNO3S2/c1-2-3-11(14(19)20)17-13(18)12(22-15(17)21)8-9-4-6-10(16)7-5-9/h4-8,11H,2-3H2,1H3,(H,19,20)/b12-8-/t11-/m0/s1. The van der Waals surface area contributed by atoms with Crippen LogP contribution in [0.3, 0.4) is 0 Å². The van der Waals surface area contributed by atoms with Gasteiger partial charge in [-0.2, -0.15) is 0 Å². The number of halogens is 1. The normalized spacial score (nSPS) is 18.1. The molecule has 1 saturated heterocycles. The first-order valence-corrected chi connectivity index (χ1v) is 8.71. The third-order valence-electron chi connectivity index (χ3n) is 3.15. The van der Waals surface area contributed by atoms with Crippen molar-refractivity contribution >= 4 is 62.2 Å². The van der Waals surface area contributed by atoms with E-state index >= 15 is 0 Å². The second-order valence-corrected chi connectivity index (χ2v) is 7.34. The number of hydrogen-bond donors (Lipinski definition) is 1. The molecular formula is C15H14BrNO3S2. The highest BCUT2D eigenvalue weighted by atomic mass is 79.9. The smallest absolute Gasteiger partial charge is 0.326 e. The van der Waals surface area contributed by atoms with Crippen molar-refractivity contribution in [1.29, 1.82) is 0 Å². The molecule has 1 aromatic rings. The minimum Gasteiger partial charge on any atom is -0.480 e. The lowest BCUT2D eigenvalue weighted by Gasteiger charge is -2.22. The molecule has 1 atom stereocenters. The predicted octanol–water partition coefficient (Wildman–Crippen LogP) is 3.90. The number of carbonyl (C=O) groups excluding carboxylic acids is 1. The van der Waals surface area contributed by atoms with Gasteiger partial charge >= 0.3 is 5.97 Å². The lowest BCUT2D eigenvalue weighted by Crippen LogP contribution is -2.43. The monoisotopic (exact) mass is 399 g/mol. The van der Waals surface area contributed by atoms with Gasteiger partial charge in [0.05, 0.1) is 4.91 Å². The van der Waals surface area contributed by atoms with Gasteiger partial charge in [0.25, 0.3) is 5.91 Å². The molecule has 0 aliphatic carbocycles. The molecule has 0 spiro atoms. The molecule has 0 unspecified atom stereocenters. The summed E-state index contributed by atoms with van der Waals surface area (Å²) in [6.45, 7) is 1.88. The van der Waals surface area contributed by atoms with Crippen LogP contribution in [-0.2, 0) is 9.59 Å². The molecule has 0 aromatic heterocycles. The van der Waals surface area contributed by atoms with Crippen LogP contribution in [0.1, 0.15) is 25.3 Å². The van der Waals surface area contributed by atoms with E-state index in [1.165, 1.54) is 4.90 Å². The van der Waals surface area contributed by atoms with Gasteiger partial charge in [0.15, 0.2) is 0 Å². The number of carboxylic acids is 1. The number of benzene rings is 1. The van der Waals surface area contributed by atoms with Crippen molar-refractivity contribution in [3.63, 3.8) is 0 Å². The first kappa shape index (κ1) is 17.2. The van der Waals surface area contributed by atoms with E-state index in [1.54, 1.807) is 6.08 Å². The van der Waals surface area contributed by atoms with Crippen LogP contribution >= 0.6 is 39.9 Å². The molecule has 4 nitrogen and oxygen atoms in total. The number of aliphatic carboxylic acids is 1. The number of thioether (sulfide) groups is 1. The zero-order chi connectivity index (χ0) is 16.3. The number of hydrogen-bond acceptors (Lipinski definition) is 4. The van der Waals surface area contributed by atoms with Gasteiger partial charge in [-0.3, -0.25) is 9.69 Å². The third kappa shape index (κ3) is 3.77. The quantitative estimate of drug-likeness (QED) is 0.600. The van der Waals surface area contributed by atoms with Crippen molar-refractivity contribution in [2.45, 2.75) is 25.8 Å². The molecule has 1 aliphatic rings. The Morgan fingerprint density at radius 2 is 2.09 bits per heavy atom. The van der Waals surface area contributed by atoms with Crippen molar-refractivity contribution in [2.24, 2.45) is 0 Å². The molecule has 0 saturated carbocycles. The van der Waals surface area contributed by atoms with Crippen LogP contribution in [0.2, 0.25) is 0 Å². The van der Waals surface area contributed by atoms with Crippen molar-refractivity contribution in [2.75, 3.05) is 0 Å². The Morgan fingerprint density at radius 3 is 2.64 bits per heavy atom. The lowest BCUT2D eigenvalue weighted by molar-refractivity contribution is -0.145. The Balaban J connectivity index is 2.27. The maximum absolute atomic E-state index is 12.5. The first-order chi connectivity index (χ1) is 10.4. The number of carboxylic acid groups (broad SMARTS) is 1. The van der Waals surface area contributed by atoms with Gasteiger partial charge in [0, 0.05) is 4.47 Å². The maximum atomic E-state index is 12.5. The summed E-state index contributed by atoms with van der Waals surface area (Å²) < 4.78 is 1.25. The van der Waals surface area contributed by atoms with Gasteiger partial charge in [-0.05, 0) is 30.2 Å². The molecule has 1 amide bonds. The van der Waals surface area contributed by atoms with Crippen LogP contribution in [0.4, 0.5) is 0 Å². The highest BCUT2D eigenvalue weighted by Crippen LogP contribution is 2.35. The Hall–Kier alpha value is -1.18. The first-order valence-electron chi connectivity index (χ1n) is 6.69. The summed E-state index contributed by atoms with van der Waals surface area (Å²) in [7, 11) is 0. The largest absolute Gasteiger partial charge is 0.480 e. The molecular weight excluding hydrogens is 386 g/mol. The fourth-order valence-electron chi connectivity index (χ4n) is 2.10. The molecule has 0 bridgehead atoms. The van der Waals surface area contributed by atoms with Crippen molar-refractivity contribution in [1.82, 2.24) is 4.90 Å². The van der Waals surface area contributed by atoms with E-state index in [0.29, 0.717) is 22.1 Å². The summed E-state index contributed by atoms with van der Waals surface area (Å²) in [6, 6.07) is 6.61. The van der Waals surface area contributed by atoms with Crippen LogP contribution in [0, 0.1) is 0 Å². The van der Waals surface area contributed by atoms with Gasteiger partial charge in [0.1, 0.15) is 10.4 Å². The molecule has 116 valence electrons. The molecule has 2 rings (SSSR count). The fourth-order valence-corrected chi connectivity index (χ4v) is 3.72. The maximum Gasteiger partial charge on any atom is 0.326 e. The minimum atomic E-state index is -1.02. The fraction of sp³-hybridized carbons (Fsp3) is 0.267. The van der Waals surface area contributed by atoms with Crippen molar-refractivity contribution in [3.8, 4) is 0 Å². The molecule has 1 fully saturated rings. The van der Waals surface area contributed by atoms with E-state index in [9.17, 15) is 14.7 Å². The van der Waals surface area contributed by atoms with E-state index in [-0.39, 0.29) is 5.91 Å². The predicted molar refractivity (Wildman–Crippen MR) is 95.5 cm³/mol. The highest BCUT2D eigenvalue weighted by Gasteiger charge is 2.39. The van der Waals surface area contributed by atoms with Gasteiger partial charge < -0.3 is 5.11 Å². The number of thiocarbonyl (C=S) groups is 1. The average molecular weight is 400 g/mol. The molecule has 0 radical (unpaired) electrons. The molecule has 22 heavy (non-hydrogen) atoms. The van der Waals surface area contributed by atoms with E-state index in [0.717, 1.165) is 21.8 Å². The molecule has 1 aromatic carbocycles. The third-order valence-corrected chi connectivity index (χ3v) is 5.01. The van der Waals surface area contributed by atoms with Crippen molar-refractivity contribution in [3.05, 3.63) is 39.2 Å². The van der Waals surface area contributed by atoms with E-state index in [2.05, 4.69) is 15.9 Å². The second-order valence-electron chi connectivity index (χ2n) is 4.75. The molecule has 1 heterocycles. The van der Waals surface area contributed by atoms with Crippen LogP contribution in [0.15, 0.2) is 33.6 Å². The second kappa shape index (κ2) is 7.39. The Bertz CT molecular complexity index is 643. The summed E-state index contributed by atoms with van der Waals surface area (Å²) in [5.41, 5.74) is 0.867. The average Bonchev–Trinajstić information content (AvgIpc) is 2.73. The number of rotatable bonds is 5. The van der Waals surface area contributed by atoms with E-state index in [1.807, 2.05) is 31.2 Å². The minimum absolute atomic E-state index is 0.300. The summed E-state index contributed by atoms with van der Waals surface area (Å²) in [5.74, 6) is -1.36. The van der Waals surface area contributed by atoms with Gasteiger partial charge in [-0.1, -0.05) is 65.4 Å². The van der Waals surface area contributed by atoms with E-state index < -0.39 is 12.0 Å². The number of carbonyl (C=O) groups is 2. The SMILES string of the molecule is CCC[C@@H](C(=O)O)N1C(=O)/C(=C/c2ccc(Br)cc2)SC1=S. The zero-order valence-corrected chi connectivity index (χ0v) is 15.0. The molecule has 1 N–H and O–H groups in total. The zero-order valence-electron chi connectivity index (χ0n) is 11.8. The Kier molecular flexibility index (Phi) is 5.77. The molecule has 7 heteroatoms. The van der Waals surface area contributed by atoms with Gasteiger partial charge in [0.2, 0.25) is 0 Å². The summed E-state index contributed by atoms with van der Waals surface area (Å²) in [4.78, 5) is 25.5. The Morgan fingerprint density at radius 1 is 1.45 bits per heavy atom. The lowest BCUT2D eigenvalue weighted by atomic mass is 10.1. The van der Waals surface area contributed by atoms with Crippen LogP contribution < -0.4 is 0 Å². The van der Waals surface area contributed by atoms with Crippen LogP contribution in [0.25, 0.3) is 6.08 Å². The highest BCUT2D eigenvalue weighted by molar-refractivity contribution is 9.10.